The Morgan fingerprint density at radius 2 is 2.03 bits per heavy atom. The smallest absolute Gasteiger partial charge is 0.222 e. The summed E-state index contributed by atoms with van der Waals surface area (Å²) < 4.78 is 1.85. The molecule has 2 aromatic heterocycles. The van der Waals surface area contributed by atoms with Crippen molar-refractivity contribution in [2.24, 2.45) is 0 Å². The van der Waals surface area contributed by atoms with Crippen LogP contribution >= 0.6 is 0 Å². The molecular weight excluding hydrogens is 416 g/mol. The average molecular weight is 445 g/mol. The molecule has 1 aliphatic heterocycles. The number of carbonyl (C=O) groups excluding carboxylic acids is 1. The van der Waals surface area contributed by atoms with Crippen molar-refractivity contribution in [1.82, 2.24) is 35.1 Å². The lowest BCUT2D eigenvalue weighted by atomic mass is 10.00. The molecular formula is C24H28N8O. The zero-order chi connectivity index (χ0) is 22.8. The molecule has 1 saturated heterocycles. The Morgan fingerprint density at radius 1 is 1.12 bits per heavy atom. The maximum Gasteiger partial charge on any atom is 0.222 e. The van der Waals surface area contributed by atoms with Crippen LogP contribution in [0.4, 0.5) is 5.69 Å². The van der Waals surface area contributed by atoms with Crippen molar-refractivity contribution >= 4 is 22.6 Å². The molecule has 1 atom stereocenters. The molecule has 0 bridgehead atoms. The summed E-state index contributed by atoms with van der Waals surface area (Å²) in [6.07, 6.45) is 4.12. The number of hydrogen-bond acceptors (Lipinski definition) is 6. The topological polar surface area (TPSA) is 105 Å². The first-order chi connectivity index (χ1) is 16.1. The van der Waals surface area contributed by atoms with E-state index in [0.717, 1.165) is 54.0 Å². The summed E-state index contributed by atoms with van der Waals surface area (Å²) in [7, 11) is 0. The number of aromatic nitrogens is 6. The average Bonchev–Trinajstić information content (AvgIpc) is 3.55. The fourth-order valence-electron chi connectivity index (χ4n) is 4.36. The number of nitrogens with zero attached hydrogens (tertiary/aromatic N) is 6. The Labute approximate surface area is 192 Å². The van der Waals surface area contributed by atoms with Gasteiger partial charge in [-0.1, -0.05) is 18.2 Å². The van der Waals surface area contributed by atoms with Crippen LogP contribution in [-0.2, 0) is 11.3 Å². The molecule has 0 aliphatic carbocycles. The van der Waals surface area contributed by atoms with Crippen molar-refractivity contribution in [2.75, 3.05) is 18.4 Å². The first-order valence-electron chi connectivity index (χ1n) is 11.4. The van der Waals surface area contributed by atoms with E-state index < -0.39 is 0 Å². The predicted molar refractivity (Wildman–Crippen MR) is 126 cm³/mol. The molecule has 9 heteroatoms. The Balaban J connectivity index is 1.42. The minimum Gasteiger partial charge on any atom is -0.371 e. The molecule has 5 rings (SSSR count). The Morgan fingerprint density at radius 3 is 2.85 bits per heavy atom. The first kappa shape index (κ1) is 21.1. The van der Waals surface area contributed by atoms with E-state index in [-0.39, 0.29) is 11.9 Å². The molecule has 9 nitrogen and oxygen atoms in total. The highest BCUT2D eigenvalue weighted by Gasteiger charge is 2.23. The van der Waals surface area contributed by atoms with Crippen molar-refractivity contribution in [1.29, 1.82) is 0 Å². The van der Waals surface area contributed by atoms with E-state index in [1.54, 1.807) is 6.33 Å². The highest BCUT2D eigenvalue weighted by molar-refractivity contribution is 5.79. The molecule has 0 saturated carbocycles. The number of benzene rings is 2. The standard InChI is InChI=1S/C24H28N8O/c1-16-6-7-18(13-17(16)2)23(27-19-8-9-20-21(14-19)26-15-25-20)24-28-29-30-32(24)12-4-11-31-10-3-5-22(31)33/h6-9,13-15,23,27H,3-5,10-12H2,1-2H3,(H,25,26). The normalized spacial score (nSPS) is 14.8. The van der Waals surface area contributed by atoms with Gasteiger partial charge >= 0.3 is 0 Å². The summed E-state index contributed by atoms with van der Waals surface area (Å²) in [5, 5.41) is 16.3. The number of anilines is 1. The molecule has 4 aromatic rings. The minimum absolute atomic E-state index is 0.232. The summed E-state index contributed by atoms with van der Waals surface area (Å²) >= 11 is 0. The van der Waals surface area contributed by atoms with Gasteiger partial charge in [-0.05, 0) is 72.0 Å². The van der Waals surface area contributed by atoms with Gasteiger partial charge in [0.25, 0.3) is 0 Å². The molecule has 0 radical (unpaired) electrons. The molecule has 33 heavy (non-hydrogen) atoms. The van der Waals surface area contributed by atoms with Gasteiger partial charge in [0.1, 0.15) is 6.04 Å². The number of nitrogens with one attached hydrogen (secondary N) is 2. The molecule has 2 N–H and O–H groups in total. The number of aromatic amines is 1. The second-order valence-electron chi connectivity index (χ2n) is 8.65. The Kier molecular flexibility index (Phi) is 5.77. The molecule has 0 spiro atoms. The predicted octanol–water partition coefficient (Wildman–Crippen LogP) is 3.38. The molecule has 1 aliphatic rings. The highest BCUT2D eigenvalue weighted by Crippen LogP contribution is 2.28. The van der Waals surface area contributed by atoms with Gasteiger partial charge in [0.05, 0.1) is 17.4 Å². The van der Waals surface area contributed by atoms with Crippen LogP contribution in [0.5, 0.6) is 0 Å². The fraction of sp³-hybridized carbons (Fsp3) is 0.375. The summed E-state index contributed by atoms with van der Waals surface area (Å²) in [6, 6.07) is 12.3. The molecule has 170 valence electrons. The van der Waals surface area contributed by atoms with Crippen molar-refractivity contribution in [2.45, 2.75) is 45.7 Å². The minimum atomic E-state index is -0.232. The van der Waals surface area contributed by atoms with Gasteiger partial charge in [-0.25, -0.2) is 9.67 Å². The SMILES string of the molecule is Cc1ccc(C(Nc2ccc3[nH]cnc3c2)c2nnnn2CCCN2CCCC2=O)cc1C. The van der Waals surface area contributed by atoms with E-state index in [1.807, 2.05) is 27.8 Å². The first-order valence-corrected chi connectivity index (χ1v) is 11.4. The van der Waals surface area contributed by atoms with Crippen LogP contribution in [0.25, 0.3) is 11.0 Å². The third-order valence-electron chi connectivity index (χ3n) is 6.38. The number of tetrazole rings is 1. The van der Waals surface area contributed by atoms with E-state index in [0.29, 0.717) is 13.0 Å². The van der Waals surface area contributed by atoms with Gasteiger partial charge in [0, 0.05) is 31.7 Å². The summed E-state index contributed by atoms with van der Waals surface area (Å²) in [5.41, 5.74) is 6.37. The number of carbonyl (C=O) groups is 1. The van der Waals surface area contributed by atoms with Crippen LogP contribution in [0.15, 0.2) is 42.7 Å². The van der Waals surface area contributed by atoms with Crippen LogP contribution in [-0.4, -0.2) is 54.1 Å². The lowest BCUT2D eigenvalue weighted by molar-refractivity contribution is -0.127. The number of rotatable bonds is 8. The van der Waals surface area contributed by atoms with Gasteiger partial charge < -0.3 is 15.2 Å². The lowest BCUT2D eigenvalue weighted by Crippen LogP contribution is -2.27. The zero-order valence-corrected chi connectivity index (χ0v) is 19.0. The number of imidazole rings is 1. The van der Waals surface area contributed by atoms with Gasteiger partial charge in [0.15, 0.2) is 5.82 Å². The zero-order valence-electron chi connectivity index (χ0n) is 19.0. The second kappa shape index (κ2) is 9.01. The summed E-state index contributed by atoms with van der Waals surface area (Å²) in [5.74, 6) is 0.989. The number of H-pyrrole nitrogens is 1. The van der Waals surface area contributed by atoms with Crippen LogP contribution in [0.1, 0.15) is 47.8 Å². The molecule has 2 aromatic carbocycles. The van der Waals surface area contributed by atoms with E-state index in [4.69, 9.17) is 0 Å². The number of fused-ring (bicyclic) bond motifs is 1. The van der Waals surface area contributed by atoms with E-state index in [1.165, 1.54) is 11.1 Å². The number of amides is 1. The van der Waals surface area contributed by atoms with Crippen molar-refractivity contribution < 1.29 is 4.79 Å². The largest absolute Gasteiger partial charge is 0.371 e. The Bertz CT molecular complexity index is 1280. The summed E-state index contributed by atoms with van der Waals surface area (Å²) in [6.45, 7) is 6.45. The maximum atomic E-state index is 11.9. The van der Waals surface area contributed by atoms with Crippen molar-refractivity contribution in [3.63, 3.8) is 0 Å². The van der Waals surface area contributed by atoms with Gasteiger partial charge in [-0.15, -0.1) is 5.10 Å². The lowest BCUT2D eigenvalue weighted by Gasteiger charge is -2.21. The molecule has 1 amide bonds. The van der Waals surface area contributed by atoms with Crippen LogP contribution < -0.4 is 5.32 Å². The van der Waals surface area contributed by atoms with E-state index in [9.17, 15) is 4.79 Å². The van der Waals surface area contributed by atoms with Gasteiger partial charge in [-0.3, -0.25) is 4.79 Å². The van der Waals surface area contributed by atoms with Crippen molar-refractivity contribution in [3.05, 3.63) is 65.2 Å². The molecule has 1 fully saturated rings. The van der Waals surface area contributed by atoms with Crippen LogP contribution in [0.3, 0.4) is 0 Å². The maximum absolute atomic E-state index is 11.9. The van der Waals surface area contributed by atoms with Crippen LogP contribution in [0, 0.1) is 13.8 Å². The monoisotopic (exact) mass is 444 g/mol. The number of hydrogen-bond donors (Lipinski definition) is 2. The fourth-order valence-corrected chi connectivity index (χ4v) is 4.36. The van der Waals surface area contributed by atoms with E-state index in [2.05, 4.69) is 62.9 Å². The summed E-state index contributed by atoms with van der Waals surface area (Å²) in [4.78, 5) is 21.4. The number of likely N-dealkylation sites (tertiary alicyclic amines) is 1. The van der Waals surface area contributed by atoms with Gasteiger partial charge in [0.2, 0.25) is 5.91 Å². The van der Waals surface area contributed by atoms with Gasteiger partial charge in [-0.2, -0.15) is 0 Å². The van der Waals surface area contributed by atoms with E-state index >= 15 is 0 Å². The van der Waals surface area contributed by atoms with Crippen molar-refractivity contribution in [3.8, 4) is 0 Å². The molecule has 3 heterocycles. The third kappa shape index (κ3) is 4.44. The molecule has 1 unspecified atom stereocenters. The Hall–Kier alpha value is -3.75. The second-order valence-corrected chi connectivity index (χ2v) is 8.65. The third-order valence-corrected chi connectivity index (χ3v) is 6.38. The highest BCUT2D eigenvalue weighted by atomic mass is 16.2. The quantitative estimate of drug-likeness (QED) is 0.432. The van der Waals surface area contributed by atoms with Crippen LogP contribution in [0.2, 0.25) is 0 Å². The number of aryl methyl sites for hydroxylation is 3.